The van der Waals surface area contributed by atoms with Gasteiger partial charge >= 0.3 is 0 Å². The predicted octanol–water partition coefficient (Wildman–Crippen LogP) is 11.1. The molecule has 0 radical (unpaired) electrons. The highest BCUT2D eigenvalue weighted by Crippen LogP contribution is 2.23. The number of unbranched alkanes of at least 4 members (excludes halogenated alkanes) is 29. The zero-order valence-corrected chi connectivity index (χ0v) is 42.9. The van der Waals surface area contributed by atoms with Crippen LogP contribution in [0.2, 0.25) is 0 Å². The van der Waals surface area contributed by atoms with Crippen LogP contribution in [0.15, 0.2) is 36.5 Å². The first kappa shape index (κ1) is 63.3. The lowest BCUT2D eigenvalue weighted by Crippen LogP contribution is -2.60. The van der Waals surface area contributed by atoms with Gasteiger partial charge in [-0.2, -0.15) is 0 Å². The maximum Gasteiger partial charge on any atom is 0.249 e. The highest BCUT2D eigenvalue weighted by atomic mass is 16.7. The van der Waals surface area contributed by atoms with Gasteiger partial charge in [0, 0.05) is 0 Å². The number of allylic oxidation sites excluding steroid dienone is 6. The Morgan fingerprint density at radius 1 is 0.507 bits per heavy atom. The fourth-order valence-corrected chi connectivity index (χ4v) is 8.79. The fraction of sp³-hybridized carbons (Fsp3) is 0.875. The highest BCUT2D eigenvalue weighted by molar-refractivity contribution is 5.80. The second-order valence-electron chi connectivity index (χ2n) is 19.6. The summed E-state index contributed by atoms with van der Waals surface area (Å²) in [6.45, 7) is 3.38. The minimum atomic E-state index is -1.67. The van der Waals surface area contributed by atoms with Crippen molar-refractivity contribution in [3.05, 3.63) is 36.5 Å². The lowest BCUT2D eigenvalue weighted by atomic mass is 9.98. The van der Waals surface area contributed by atoms with Crippen LogP contribution in [0.1, 0.15) is 245 Å². The van der Waals surface area contributed by atoms with Crippen LogP contribution in [0.4, 0.5) is 0 Å². The minimum absolute atomic E-state index is 0.245. The normalized spacial score (nSPS) is 20.9. The molecule has 9 atom stereocenters. The summed E-state index contributed by atoms with van der Waals surface area (Å²) in [5.41, 5.74) is 0. The summed E-state index contributed by atoms with van der Waals surface area (Å²) in [6, 6.07) is -1.19. The van der Waals surface area contributed by atoms with E-state index in [1.807, 2.05) is 0 Å². The van der Waals surface area contributed by atoms with Crippen LogP contribution in [0.3, 0.4) is 0 Å². The van der Waals surface area contributed by atoms with Crippen LogP contribution >= 0.6 is 0 Å². The molecule has 394 valence electrons. The zero-order valence-electron chi connectivity index (χ0n) is 42.9. The van der Waals surface area contributed by atoms with Gasteiger partial charge < -0.3 is 50.5 Å². The number of rotatable bonds is 47. The zero-order chi connectivity index (χ0) is 49.0. The summed E-state index contributed by atoms with van der Waals surface area (Å²) in [5.74, 6) is -0.711. The quantitative estimate of drug-likeness (QED) is 0.0215. The Morgan fingerprint density at radius 3 is 1.37 bits per heavy atom. The lowest BCUT2D eigenvalue weighted by molar-refractivity contribution is -0.303. The number of aliphatic hydroxyl groups is 7. The molecule has 0 bridgehead atoms. The Kier molecular flexibility index (Phi) is 43.0. The molecule has 1 rings (SSSR count). The van der Waals surface area contributed by atoms with E-state index in [1.54, 1.807) is 0 Å². The number of hydrogen-bond donors (Lipinski definition) is 8. The van der Waals surface area contributed by atoms with E-state index in [0.29, 0.717) is 19.3 Å². The van der Waals surface area contributed by atoms with Crippen LogP contribution in [-0.2, 0) is 14.3 Å². The van der Waals surface area contributed by atoms with E-state index in [1.165, 1.54) is 161 Å². The standard InChI is InChI=1S/C56H105NO10/c1-3-5-7-9-11-13-15-16-17-18-19-20-21-22-23-24-25-26-27-28-29-30-31-32-34-36-38-40-42-44-49(60)55(65)57-47(46-66-56-54(64)53(63)52(62)50(45-58)67-56)51(61)48(59)43-41-39-37-35-33-14-12-10-8-6-4-2/h10,12,22-23,35,37,47-54,56,58-64H,3-9,11,13-21,24-34,36,38-46H2,1-2H3,(H,57,65)/b12-10+,23-22-,37-35+. The molecule has 1 saturated heterocycles. The molecule has 1 amide bonds. The van der Waals surface area contributed by atoms with Gasteiger partial charge in [-0.1, -0.05) is 211 Å². The summed E-state index contributed by atoms with van der Waals surface area (Å²) in [5, 5.41) is 75.8. The number of aliphatic hydroxyl groups excluding tert-OH is 7. The molecule has 0 aliphatic carbocycles. The second kappa shape index (κ2) is 45.5. The molecule has 1 fully saturated rings. The van der Waals surface area contributed by atoms with Crippen molar-refractivity contribution in [3.63, 3.8) is 0 Å². The highest BCUT2D eigenvalue weighted by Gasteiger charge is 2.44. The van der Waals surface area contributed by atoms with Gasteiger partial charge in [0.1, 0.15) is 36.6 Å². The Balaban J connectivity index is 2.23. The molecule has 11 heteroatoms. The number of hydrogen-bond acceptors (Lipinski definition) is 10. The maximum absolute atomic E-state index is 13.1. The third-order valence-electron chi connectivity index (χ3n) is 13.4. The van der Waals surface area contributed by atoms with Crippen LogP contribution in [0, 0.1) is 0 Å². The number of ether oxygens (including phenoxy) is 2. The average molecular weight is 952 g/mol. The number of carbonyl (C=O) groups excluding carboxylic acids is 1. The van der Waals surface area contributed by atoms with E-state index < -0.39 is 74.2 Å². The molecular formula is C56H105NO10. The summed E-state index contributed by atoms with van der Waals surface area (Å²) in [4.78, 5) is 13.1. The van der Waals surface area contributed by atoms with E-state index in [2.05, 4.69) is 55.6 Å². The van der Waals surface area contributed by atoms with E-state index in [0.717, 1.165) is 38.5 Å². The van der Waals surface area contributed by atoms with Crippen molar-refractivity contribution >= 4 is 5.91 Å². The van der Waals surface area contributed by atoms with Crippen LogP contribution < -0.4 is 5.32 Å². The van der Waals surface area contributed by atoms with Gasteiger partial charge in [0.15, 0.2) is 6.29 Å². The lowest BCUT2D eigenvalue weighted by Gasteiger charge is -2.40. The van der Waals surface area contributed by atoms with E-state index in [-0.39, 0.29) is 12.8 Å². The smallest absolute Gasteiger partial charge is 0.249 e. The molecule has 9 unspecified atom stereocenters. The molecule has 0 aromatic carbocycles. The Hall–Kier alpha value is -1.67. The third kappa shape index (κ3) is 34.3. The van der Waals surface area contributed by atoms with Gasteiger partial charge in [0.05, 0.1) is 25.4 Å². The van der Waals surface area contributed by atoms with Gasteiger partial charge in [0.2, 0.25) is 5.91 Å². The molecule has 1 heterocycles. The van der Waals surface area contributed by atoms with Crippen molar-refractivity contribution in [2.75, 3.05) is 13.2 Å². The molecule has 67 heavy (non-hydrogen) atoms. The number of nitrogens with one attached hydrogen (secondary N) is 1. The molecule has 11 nitrogen and oxygen atoms in total. The third-order valence-corrected chi connectivity index (χ3v) is 13.4. The van der Waals surface area contributed by atoms with E-state index in [9.17, 15) is 40.5 Å². The van der Waals surface area contributed by atoms with Gasteiger partial charge in [-0.25, -0.2) is 0 Å². The van der Waals surface area contributed by atoms with Crippen LogP contribution in [-0.4, -0.2) is 110 Å². The van der Waals surface area contributed by atoms with Crippen molar-refractivity contribution in [1.29, 1.82) is 0 Å². The van der Waals surface area contributed by atoms with Crippen molar-refractivity contribution in [3.8, 4) is 0 Å². The second-order valence-corrected chi connectivity index (χ2v) is 19.6. The van der Waals surface area contributed by atoms with E-state index in [4.69, 9.17) is 9.47 Å². The van der Waals surface area contributed by atoms with Crippen molar-refractivity contribution in [2.24, 2.45) is 0 Å². The van der Waals surface area contributed by atoms with Crippen molar-refractivity contribution < 1.29 is 50.0 Å². The minimum Gasteiger partial charge on any atom is -0.394 e. The van der Waals surface area contributed by atoms with Crippen LogP contribution in [0.5, 0.6) is 0 Å². The number of amides is 1. The Labute approximate surface area is 409 Å². The topological polar surface area (TPSA) is 189 Å². The number of carbonyl (C=O) groups is 1. The molecular weight excluding hydrogens is 847 g/mol. The molecule has 0 aromatic rings. The van der Waals surface area contributed by atoms with Gasteiger partial charge in [-0.3, -0.25) is 4.79 Å². The first-order valence-electron chi connectivity index (χ1n) is 27.9. The first-order chi connectivity index (χ1) is 32.7. The molecule has 1 aliphatic heterocycles. The van der Waals surface area contributed by atoms with Crippen LogP contribution in [0.25, 0.3) is 0 Å². The van der Waals surface area contributed by atoms with Gasteiger partial charge in [-0.05, 0) is 70.6 Å². The molecule has 1 aliphatic rings. The van der Waals surface area contributed by atoms with Gasteiger partial charge in [-0.15, -0.1) is 0 Å². The Bertz CT molecular complexity index is 1180. The fourth-order valence-electron chi connectivity index (χ4n) is 8.79. The summed E-state index contributed by atoms with van der Waals surface area (Å²) >= 11 is 0. The Morgan fingerprint density at radius 2 is 0.910 bits per heavy atom. The predicted molar refractivity (Wildman–Crippen MR) is 275 cm³/mol. The molecule has 0 aromatic heterocycles. The maximum atomic E-state index is 13.1. The molecule has 8 N–H and O–H groups in total. The molecule has 0 spiro atoms. The largest absolute Gasteiger partial charge is 0.394 e. The molecule has 0 saturated carbocycles. The van der Waals surface area contributed by atoms with Crippen molar-refractivity contribution in [2.45, 2.75) is 300 Å². The van der Waals surface area contributed by atoms with Crippen molar-refractivity contribution in [1.82, 2.24) is 5.32 Å². The summed E-state index contributed by atoms with van der Waals surface area (Å²) in [7, 11) is 0. The SMILES string of the molecule is CCCC/C=C/CC/C=C/CCCC(O)C(O)C(COC1OC(CO)C(O)C(O)C1O)NC(=O)C(O)CCCCCCCCCCCCCCC/C=C\CCCCCCCCCCCCCC. The van der Waals surface area contributed by atoms with E-state index >= 15 is 0 Å². The average Bonchev–Trinajstić information content (AvgIpc) is 3.33. The summed E-state index contributed by atoms with van der Waals surface area (Å²) in [6.07, 6.45) is 43.7. The monoisotopic (exact) mass is 952 g/mol. The first-order valence-corrected chi connectivity index (χ1v) is 27.9. The van der Waals surface area contributed by atoms with Gasteiger partial charge in [0.25, 0.3) is 0 Å². The summed E-state index contributed by atoms with van der Waals surface area (Å²) < 4.78 is 11.1.